The first kappa shape index (κ1) is 11.4. The Morgan fingerprint density at radius 3 is 2.88 bits per heavy atom. The van der Waals surface area contributed by atoms with E-state index in [0.717, 1.165) is 0 Å². The molecule has 0 atom stereocenters. The van der Waals surface area contributed by atoms with Gasteiger partial charge in [-0.05, 0) is 30.3 Å². The van der Waals surface area contributed by atoms with Gasteiger partial charge in [-0.1, -0.05) is 11.6 Å². The zero-order valence-corrected chi connectivity index (χ0v) is 9.37. The number of hydrogen-bond donors (Lipinski definition) is 1. The molecule has 0 unspecified atom stereocenters. The van der Waals surface area contributed by atoms with Crippen molar-refractivity contribution in [1.29, 1.82) is 5.26 Å². The van der Waals surface area contributed by atoms with Crippen LogP contribution in [-0.4, -0.2) is 4.98 Å². The molecule has 0 aliphatic carbocycles. The second-order valence-corrected chi connectivity index (χ2v) is 3.67. The molecule has 1 heterocycles. The number of aromatic nitrogens is 1. The van der Waals surface area contributed by atoms with E-state index in [1.54, 1.807) is 12.1 Å². The lowest BCUT2D eigenvalue weighted by Crippen LogP contribution is -1.95. The van der Waals surface area contributed by atoms with Crippen LogP contribution in [0.1, 0.15) is 5.69 Å². The fourth-order valence-corrected chi connectivity index (χ4v) is 1.51. The molecule has 0 aliphatic rings. The Morgan fingerprint density at radius 1 is 1.35 bits per heavy atom. The van der Waals surface area contributed by atoms with Crippen LogP contribution in [0.25, 0.3) is 0 Å². The van der Waals surface area contributed by atoms with Gasteiger partial charge in [-0.2, -0.15) is 5.26 Å². The third-order valence-corrected chi connectivity index (χ3v) is 2.40. The standard InChI is InChI=1S/C12H7ClFN3/c13-9-6-8(3-4-10(9)14)17-11-2-1-5-16-12(11)7-15/h1-6,17H. The van der Waals surface area contributed by atoms with Gasteiger partial charge in [0.25, 0.3) is 0 Å². The first-order valence-corrected chi connectivity index (χ1v) is 5.15. The number of halogens is 2. The van der Waals surface area contributed by atoms with Gasteiger partial charge in [0, 0.05) is 11.9 Å². The van der Waals surface area contributed by atoms with Crippen molar-refractivity contribution in [2.45, 2.75) is 0 Å². The number of hydrogen-bond acceptors (Lipinski definition) is 3. The van der Waals surface area contributed by atoms with Crippen LogP contribution in [0.4, 0.5) is 15.8 Å². The van der Waals surface area contributed by atoms with E-state index in [-0.39, 0.29) is 10.7 Å². The van der Waals surface area contributed by atoms with E-state index in [1.807, 2.05) is 6.07 Å². The van der Waals surface area contributed by atoms with E-state index in [9.17, 15) is 4.39 Å². The average molecular weight is 248 g/mol. The lowest BCUT2D eigenvalue weighted by Gasteiger charge is -2.07. The molecule has 3 nitrogen and oxygen atoms in total. The number of rotatable bonds is 2. The Morgan fingerprint density at radius 2 is 2.18 bits per heavy atom. The van der Waals surface area contributed by atoms with Crippen LogP contribution in [0.15, 0.2) is 36.5 Å². The van der Waals surface area contributed by atoms with Crippen molar-refractivity contribution in [3.8, 4) is 6.07 Å². The highest BCUT2D eigenvalue weighted by molar-refractivity contribution is 6.31. The number of benzene rings is 1. The van der Waals surface area contributed by atoms with E-state index in [2.05, 4.69) is 10.3 Å². The second kappa shape index (κ2) is 4.81. The number of nitriles is 1. The third-order valence-electron chi connectivity index (χ3n) is 2.11. The fourth-order valence-electron chi connectivity index (χ4n) is 1.32. The Bertz CT molecular complexity index is 593. The molecule has 0 spiro atoms. The van der Waals surface area contributed by atoms with Gasteiger partial charge in [0.05, 0.1) is 10.7 Å². The topological polar surface area (TPSA) is 48.7 Å². The van der Waals surface area contributed by atoms with Crippen LogP contribution in [0.5, 0.6) is 0 Å². The molecule has 0 saturated carbocycles. The van der Waals surface area contributed by atoms with Gasteiger partial charge in [0.2, 0.25) is 0 Å². The van der Waals surface area contributed by atoms with Crippen molar-refractivity contribution in [3.63, 3.8) is 0 Å². The molecule has 2 aromatic rings. The number of anilines is 2. The molecule has 1 aromatic carbocycles. The quantitative estimate of drug-likeness (QED) is 0.884. The summed E-state index contributed by atoms with van der Waals surface area (Å²) in [6.07, 6.45) is 1.53. The summed E-state index contributed by atoms with van der Waals surface area (Å²) in [6.45, 7) is 0. The van der Waals surface area contributed by atoms with Crippen molar-refractivity contribution in [3.05, 3.63) is 53.1 Å². The highest BCUT2D eigenvalue weighted by atomic mass is 35.5. The molecule has 0 fully saturated rings. The summed E-state index contributed by atoms with van der Waals surface area (Å²) in [4.78, 5) is 3.90. The van der Waals surface area contributed by atoms with Crippen LogP contribution in [0.3, 0.4) is 0 Å². The van der Waals surface area contributed by atoms with E-state index < -0.39 is 5.82 Å². The minimum Gasteiger partial charge on any atom is -0.353 e. The van der Waals surface area contributed by atoms with Gasteiger partial charge in [0.15, 0.2) is 5.69 Å². The molecule has 0 amide bonds. The van der Waals surface area contributed by atoms with Gasteiger partial charge < -0.3 is 5.32 Å². The van der Waals surface area contributed by atoms with Gasteiger partial charge in [-0.3, -0.25) is 0 Å². The Labute approximate surface area is 102 Å². The Kier molecular flexibility index (Phi) is 3.22. The minimum absolute atomic E-state index is 0.0254. The van der Waals surface area contributed by atoms with Crippen molar-refractivity contribution >= 4 is 23.0 Å². The fraction of sp³-hybridized carbons (Fsp3) is 0. The number of nitrogens with zero attached hydrogens (tertiary/aromatic N) is 2. The molecule has 0 aliphatic heterocycles. The first-order chi connectivity index (χ1) is 8.20. The zero-order chi connectivity index (χ0) is 12.3. The van der Waals surface area contributed by atoms with Crippen molar-refractivity contribution in [2.24, 2.45) is 0 Å². The SMILES string of the molecule is N#Cc1ncccc1Nc1ccc(F)c(Cl)c1. The molecule has 0 bridgehead atoms. The van der Waals surface area contributed by atoms with Gasteiger partial charge in [-0.15, -0.1) is 0 Å². The molecular formula is C12H7ClFN3. The monoisotopic (exact) mass is 247 g/mol. The average Bonchev–Trinajstić information content (AvgIpc) is 2.34. The molecule has 17 heavy (non-hydrogen) atoms. The van der Waals surface area contributed by atoms with Crippen LogP contribution in [0.2, 0.25) is 5.02 Å². The number of pyridine rings is 1. The predicted molar refractivity (Wildman–Crippen MR) is 63.6 cm³/mol. The molecule has 1 N–H and O–H groups in total. The van der Waals surface area contributed by atoms with Crippen molar-refractivity contribution in [2.75, 3.05) is 5.32 Å². The highest BCUT2D eigenvalue weighted by Crippen LogP contribution is 2.23. The minimum atomic E-state index is -0.482. The molecule has 0 saturated heterocycles. The maximum absolute atomic E-state index is 13.0. The second-order valence-electron chi connectivity index (χ2n) is 3.27. The summed E-state index contributed by atoms with van der Waals surface area (Å²) in [5.41, 5.74) is 1.42. The maximum atomic E-state index is 13.0. The molecule has 1 aromatic heterocycles. The maximum Gasteiger partial charge on any atom is 0.163 e. The van der Waals surface area contributed by atoms with Crippen LogP contribution >= 0.6 is 11.6 Å². The van der Waals surface area contributed by atoms with Gasteiger partial charge >= 0.3 is 0 Å². The molecule has 84 valence electrons. The van der Waals surface area contributed by atoms with E-state index in [0.29, 0.717) is 11.4 Å². The summed E-state index contributed by atoms with van der Waals surface area (Å²) in [6, 6.07) is 9.62. The van der Waals surface area contributed by atoms with Gasteiger partial charge in [0.1, 0.15) is 11.9 Å². The van der Waals surface area contributed by atoms with Crippen LogP contribution < -0.4 is 5.32 Å². The smallest absolute Gasteiger partial charge is 0.163 e. The molecule has 0 radical (unpaired) electrons. The van der Waals surface area contributed by atoms with E-state index in [1.165, 1.54) is 24.4 Å². The largest absolute Gasteiger partial charge is 0.353 e. The van der Waals surface area contributed by atoms with Crippen LogP contribution in [-0.2, 0) is 0 Å². The normalized spacial score (nSPS) is 9.71. The van der Waals surface area contributed by atoms with Crippen molar-refractivity contribution in [1.82, 2.24) is 4.98 Å². The molecule has 2 rings (SSSR count). The van der Waals surface area contributed by atoms with E-state index >= 15 is 0 Å². The Balaban J connectivity index is 2.32. The molecule has 5 heteroatoms. The van der Waals surface area contributed by atoms with E-state index in [4.69, 9.17) is 16.9 Å². The Hall–Kier alpha value is -2.12. The summed E-state index contributed by atoms with van der Waals surface area (Å²) in [5, 5.41) is 11.8. The van der Waals surface area contributed by atoms with Crippen LogP contribution in [0, 0.1) is 17.1 Å². The van der Waals surface area contributed by atoms with Crippen molar-refractivity contribution < 1.29 is 4.39 Å². The summed E-state index contributed by atoms with van der Waals surface area (Å²) < 4.78 is 13.0. The summed E-state index contributed by atoms with van der Waals surface area (Å²) in [5.74, 6) is -0.482. The molecular weight excluding hydrogens is 241 g/mol. The predicted octanol–water partition coefficient (Wildman–Crippen LogP) is 3.49. The zero-order valence-electron chi connectivity index (χ0n) is 8.61. The van der Waals surface area contributed by atoms with Gasteiger partial charge in [-0.25, -0.2) is 9.37 Å². The summed E-state index contributed by atoms with van der Waals surface area (Å²) in [7, 11) is 0. The highest BCUT2D eigenvalue weighted by Gasteiger charge is 2.04. The lowest BCUT2D eigenvalue weighted by atomic mass is 10.2. The summed E-state index contributed by atoms with van der Waals surface area (Å²) >= 11 is 5.66. The lowest BCUT2D eigenvalue weighted by molar-refractivity contribution is 0.628. The third kappa shape index (κ3) is 2.52. The first-order valence-electron chi connectivity index (χ1n) is 4.78. The number of nitrogens with one attached hydrogen (secondary N) is 1.